The summed E-state index contributed by atoms with van der Waals surface area (Å²) in [5, 5.41) is 4.70. The average molecular weight is 329 g/mol. The Labute approximate surface area is 117 Å². The van der Waals surface area contributed by atoms with Gasteiger partial charge in [-0.1, -0.05) is 0 Å². The molecule has 0 aliphatic carbocycles. The van der Waals surface area contributed by atoms with Crippen molar-refractivity contribution < 1.29 is 0 Å². The Kier molecular flexibility index (Phi) is 3.34. The molecule has 1 N–H and O–H groups in total. The van der Waals surface area contributed by atoms with Gasteiger partial charge in [0, 0.05) is 10.9 Å². The molecule has 0 aromatic carbocycles. The molecule has 1 aliphatic rings. The minimum atomic E-state index is 0.532. The zero-order chi connectivity index (χ0) is 11.8. The van der Waals surface area contributed by atoms with Gasteiger partial charge < -0.3 is 5.32 Å². The largest absolute Gasteiger partial charge is 0.309 e. The second-order valence-corrected chi connectivity index (χ2v) is 7.72. The molecule has 0 saturated carbocycles. The van der Waals surface area contributed by atoms with Crippen LogP contribution < -0.4 is 5.32 Å². The lowest BCUT2D eigenvalue weighted by atomic mass is 10.2. The van der Waals surface area contributed by atoms with Gasteiger partial charge in [0.25, 0.3) is 0 Å². The first-order valence-corrected chi connectivity index (χ1v) is 8.13. The van der Waals surface area contributed by atoms with Crippen LogP contribution in [0.2, 0.25) is 0 Å². The van der Waals surface area contributed by atoms with Crippen LogP contribution in [0.15, 0.2) is 15.9 Å². The molecule has 3 heterocycles. The fraction of sp³-hybridized carbons (Fsp3) is 0.417. The predicted molar refractivity (Wildman–Crippen MR) is 77.8 cm³/mol. The third-order valence-corrected chi connectivity index (χ3v) is 6.06. The van der Waals surface area contributed by atoms with Gasteiger partial charge >= 0.3 is 0 Å². The lowest BCUT2D eigenvalue weighted by molar-refractivity contribution is 0.654. The highest BCUT2D eigenvalue weighted by Crippen LogP contribution is 2.38. The van der Waals surface area contributed by atoms with E-state index in [4.69, 9.17) is 4.98 Å². The van der Waals surface area contributed by atoms with Gasteiger partial charge in [-0.05, 0) is 54.4 Å². The summed E-state index contributed by atoms with van der Waals surface area (Å²) in [6, 6.07) is 4.76. The lowest BCUT2D eigenvalue weighted by Crippen LogP contribution is -2.12. The van der Waals surface area contributed by atoms with Crippen LogP contribution in [-0.4, -0.2) is 11.5 Å². The molecular formula is C12H13BrN2S2. The predicted octanol–water partition coefficient (Wildman–Crippen LogP) is 4.37. The third-order valence-electron chi connectivity index (χ3n) is 2.99. The van der Waals surface area contributed by atoms with Crippen molar-refractivity contribution in [3.63, 3.8) is 0 Å². The molecule has 17 heavy (non-hydrogen) atoms. The van der Waals surface area contributed by atoms with E-state index >= 15 is 0 Å². The molecular weight excluding hydrogens is 316 g/mol. The molecule has 1 aliphatic heterocycles. The van der Waals surface area contributed by atoms with Gasteiger partial charge in [0.15, 0.2) is 0 Å². The molecule has 0 bridgehead atoms. The van der Waals surface area contributed by atoms with E-state index in [0.29, 0.717) is 6.04 Å². The van der Waals surface area contributed by atoms with Gasteiger partial charge in [-0.15, -0.1) is 22.7 Å². The molecule has 0 radical (unpaired) electrons. The second kappa shape index (κ2) is 4.80. The van der Waals surface area contributed by atoms with Crippen LogP contribution in [0.4, 0.5) is 0 Å². The topological polar surface area (TPSA) is 24.9 Å². The van der Waals surface area contributed by atoms with Crippen molar-refractivity contribution in [3.8, 4) is 9.88 Å². The minimum Gasteiger partial charge on any atom is -0.309 e. The quantitative estimate of drug-likeness (QED) is 0.885. The fourth-order valence-electron chi connectivity index (χ4n) is 2.17. The number of hydrogen-bond acceptors (Lipinski definition) is 4. The first-order chi connectivity index (χ1) is 8.24. The minimum absolute atomic E-state index is 0.532. The Morgan fingerprint density at radius 2 is 2.29 bits per heavy atom. The summed E-state index contributed by atoms with van der Waals surface area (Å²) >= 11 is 7.09. The molecule has 3 rings (SSSR count). The summed E-state index contributed by atoms with van der Waals surface area (Å²) in [5.74, 6) is 0. The molecule has 1 unspecified atom stereocenters. The Morgan fingerprint density at radius 3 is 2.94 bits per heavy atom. The van der Waals surface area contributed by atoms with Crippen LogP contribution in [-0.2, 0) is 0 Å². The van der Waals surface area contributed by atoms with E-state index in [0.717, 1.165) is 11.6 Å². The standard InChI is InChI=1S/C12H13BrN2S2/c1-7-11(8-3-2-6-14-8)17-12(15-7)9-4-5-10(13)16-9/h4-5,8,14H,2-3,6H2,1H3. The SMILES string of the molecule is Cc1nc(-c2ccc(Br)s2)sc1C1CCCN1. The number of hydrogen-bond donors (Lipinski definition) is 1. The van der Waals surface area contributed by atoms with E-state index in [1.165, 1.54) is 32.1 Å². The number of nitrogens with one attached hydrogen (secondary N) is 1. The molecule has 0 spiro atoms. The number of thiophene rings is 1. The van der Waals surface area contributed by atoms with Crippen LogP contribution >= 0.6 is 38.6 Å². The Morgan fingerprint density at radius 1 is 1.41 bits per heavy atom. The smallest absolute Gasteiger partial charge is 0.133 e. The van der Waals surface area contributed by atoms with Crippen LogP contribution in [0.1, 0.15) is 29.5 Å². The molecule has 1 atom stereocenters. The van der Waals surface area contributed by atoms with Crippen molar-refractivity contribution in [1.82, 2.24) is 10.3 Å². The van der Waals surface area contributed by atoms with Crippen molar-refractivity contribution in [1.29, 1.82) is 0 Å². The van der Waals surface area contributed by atoms with Gasteiger partial charge in [0.2, 0.25) is 0 Å². The summed E-state index contributed by atoms with van der Waals surface area (Å²) in [5.41, 5.74) is 1.19. The normalized spacial score (nSPS) is 20.0. The lowest BCUT2D eigenvalue weighted by Gasteiger charge is -2.06. The summed E-state index contributed by atoms with van der Waals surface area (Å²) < 4.78 is 1.17. The van der Waals surface area contributed by atoms with Gasteiger partial charge in [-0.3, -0.25) is 0 Å². The van der Waals surface area contributed by atoms with Gasteiger partial charge in [0.05, 0.1) is 14.4 Å². The van der Waals surface area contributed by atoms with Crippen molar-refractivity contribution in [3.05, 3.63) is 26.5 Å². The maximum absolute atomic E-state index is 4.71. The number of aromatic nitrogens is 1. The third kappa shape index (κ3) is 2.34. The monoisotopic (exact) mass is 328 g/mol. The van der Waals surface area contributed by atoms with Crippen LogP contribution in [0.25, 0.3) is 9.88 Å². The Bertz CT molecular complexity index is 526. The highest BCUT2D eigenvalue weighted by molar-refractivity contribution is 9.11. The van der Waals surface area contributed by atoms with Gasteiger partial charge in [-0.2, -0.15) is 0 Å². The summed E-state index contributed by atoms with van der Waals surface area (Å²) in [6.45, 7) is 3.26. The summed E-state index contributed by atoms with van der Waals surface area (Å²) in [6.07, 6.45) is 2.53. The van der Waals surface area contributed by atoms with E-state index in [-0.39, 0.29) is 0 Å². The molecule has 5 heteroatoms. The molecule has 1 saturated heterocycles. The maximum Gasteiger partial charge on any atom is 0.133 e. The van der Waals surface area contributed by atoms with Crippen molar-refractivity contribution in [2.45, 2.75) is 25.8 Å². The van der Waals surface area contributed by atoms with Crippen LogP contribution in [0.5, 0.6) is 0 Å². The number of aryl methyl sites for hydroxylation is 1. The maximum atomic E-state index is 4.71. The molecule has 1 fully saturated rings. The zero-order valence-electron chi connectivity index (χ0n) is 9.50. The number of thiazole rings is 1. The first kappa shape index (κ1) is 11.8. The Hall–Kier alpha value is -0.230. The molecule has 2 aromatic rings. The average Bonchev–Trinajstić information content (AvgIpc) is 2.96. The molecule has 2 aromatic heterocycles. The van der Waals surface area contributed by atoms with Crippen molar-refractivity contribution in [2.24, 2.45) is 0 Å². The van der Waals surface area contributed by atoms with Gasteiger partial charge in [-0.25, -0.2) is 4.98 Å². The highest BCUT2D eigenvalue weighted by Gasteiger charge is 2.22. The zero-order valence-corrected chi connectivity index (χ0v) is 12.7. The first-order valence-electron chi connectivity index (χ1n) is 5.70. The number of rotatable bonds is 2. The van der Waals surface area contributed by atoms with Crippen LogP contribution in [0, 0.1) is 6.92 Å². The van der Waals surface area contributed by atoms with E-state index in [1.54, 1.807) is 11.3 Å². The van der Waals surface area contributed by atoms with Crippen molar-refractivity contribution >= 4 is 38.6 Å². The molecule has 0 amide bonds. The fourth-order valence-corrected chi connectivity index (χ4v) is 4.79. The van der Waals surface area contributed by atoms with Gasteiger partial charge in [0.1, 0.15) is 5.01 Å². The number of halogens is 1. The second-order valence-electron chi connectivity index (χ2n) is 4.22. The van der Waals surface area contributed by atoms with E-state index in [2.05, 4.69) is 40.3 Å². The summed E-state index contributed by atoms with van der Waals surface area (Å²) in [4.78, 5) is 7.38. The van der Waals surface area contributed by atoms with E-state index in [1.807, 2.05) is 11.3 Å². The van der Waals surface area contributed by atoms with E-state index in [9.17, 15) is 0 Å². The molecule has 90 valence electrons. The van der Waals surface area contributed by atoms with Crippen molar-refractivity contribution in [2.75, 3.05) is 6.54 Å². The summed E-state index contributed by atoms with van der Waals surface area (Å²) in [7, 11) is 0. The van der Waals surface area contributed by atoms with Crippen LogP contribution in [0.3, 0.4) is 0 Å². The number of nitrogens with zero attached hydrogens (tertiary/aromatic N) is 1. The Balaban J connectivity index is 1.94. The molecule has 2 nitrogen and oxygen atoms in total. The van der Waals surface area contributed by atoms with E-state index < -0.39 is 0 Å². The highest BCUT2D eigenvalue weighted by atomic mass is 79.9.